The topological polar surface area (TPSA) is 59.8 Å². The van der Waals surface area contributed by atoms with Crippen molar-refractivity contribution in [3.63, 3.8) is 0 Å². The molecular formula is C21H23FN4OS. The largest absolute Gasteiger partial charge is 0.346 e. The summed E-state index contributed by atoms with van der Waals surface area (Å²) in [7, 11) is 0. The van der Waals surface area contributed by atoms with E-state index in [1.54, 1.807) is 12.1 Å². The molecule has 0 fully saturated rings. The standard InChI is InChI=1S/C21H23FN4OS/c1-4-19(27)23-15(3)20-24-25-21(26(20)18-11-5-14(2)6-12-18)28-13-16-7-9-17(22)10-8-16/h5-12,15H,4,13H2,1-3H3,(H,23,27)/t15-/m1/s1. The third-order valence-corrected chi connectivity index (χ3v) is 5.32. The average Bonchev–Trinajstić information content (AvgIpc) is 3.12. The van der Waals surface area contributed by atoms with E-state index in [0.29, 0.717) is 18.0 Å². The number of benzene rings is 2. The lowest BCUT2D eigenvalue weighted by Gasteiger charge is -2.16. The summed E-state index contributed by atoms with van der Waals surface area (Å²) >= 11 is 1.52. The number of rotatable bonds is 7. The molecule has 2 aromatic carbocycles. The zero-order valence-corrected chi connectivity index (χ0v) is 17.0. The highest BCUT2D eigenvalue weighted by Crippen LogP contribution is 2.27. The van der Waals surface area contributed by atoms with E-state index in [-0.39, 0.29) is 17.8 Å². The summed E-state index contributed by atoms with van der Waals surface area (Å²) in [6, 6.07) is 14.2. The minimum atomic E-state index is -0.276. The second-order valence-electron chi connectivity index (χ2n) is 6.57. The third-order valence-electron chi connectivity index (χ3n) is 4.32. The fourth-order valence-corrected chi connectivity index (χ4v) is 3.64. The predicted octanol–water partition coefficient (Wildman–Crippen LogP) is 4.59. The Morgan fingerprint density at radius 1 is 1.14 bits per heavy atom. The Kier molecular flexibility index (Phi) is 6.46. The molecule has 1 heterocycles. The lowest BCUT2D eigenvalue weighted by molar-refractivity contribution is -0.121. The van der Waals surface area contributed by atoms with E-state index in [2.05, 4.69) is 15.5 Å². The Bertz CT molecular complexity index is 938. The van der Waals surface area contributed by atoms with E-state index in [9.17, 15) is 9.18 Å². The van der Waals surface area contributed by atoms with E-state index >= 15 is 0 Å². The fourth-order valence-electron chi connectivity index (χ4n) is 2.73. The van der Waals surface area contributed by atoms with Gasteiger partial charge in [-0.05, 0) is 43.7 Å². The number of amides is 1. The highest BCUT2D eigenvalue weighted by atomic mass is 32.2. The SMILES string of the molecule is CCC(=O)N[C@H](C)c1nnc(SCc2ccc(F)cc2)n1-c1ccc(C)cc1. The minimum absolute atomic E-state index is 0.0357. The molecule has 0 aliphatic rings. The van der Waals surface area contributed by atoms with Gasteiger partial charge < -0.3 is 5.32 Å². The van der Waals surface area contributed by atoms with Crippen molar-refractivity contribution in [1.29, 1.82) is 0 Å². The molecule has 5 nitrogen and oxygen atoms in total. The molecule has 7 heteroatoms. The van der Waals surface area contributed by atoms with Gasteiger partial charge in [0.25, 0.3) is 0 Å². The van der Waals surface area contributed by atoms with Gasteiger partial charge in [0.1, 0.15) is 5.82 Å². The number of carbonyl (C=O) groups is 1. The van der Waals surface area contributed by atoms with Gasteiger partial charge in [0.15, 0.2) is 11.0 Å². The van der Waals surface area contributed by atoms with Crippen molar-refractivity contribution in [3.8, 4) is 5.69 Å². The summed E-state index contributed by atoms with van der Waals surface area (Å²) in [5, 5.41) is 12.4. The molecule has 0 radical (unpaired) electrons. The van der Waals surface area contributed by atoms with Gasteiger partial charge in [0, 0.05) is 17.9 Å². The quantitative estimate of drug-likeness (QED) is 0.591. The van der Waals surface area contributed by atoms with Crippen molar-refractivity contribution in [2.24, 2.45) is 0 Å². The van der Waals surface area contributed by atoms with Crippen LogP contribution in [0.5, 0.6) is 0 Å². The van der Waals surface area contributed by atoms with Gasteiger partial charge >= 0.3 is 0 Å². The Hall–Kier alpha value is -2.67. The monoisotopic (exact) mass is 398 g/mol. The highest BCUT2D eigenvalue weighted by molar-refractivity contribution is 7.98. The fraction of sp³-hybridized carbons (Fsp3) is 0.286. The molecule has 1 aromatic heterocycles. The van der Waals surface area contributed by atoms with Gasteiger partial charge in [-0.3, -0.25) is 9.36 Å². The first-order valence-corrected chi connectivity index (χ1v) is 10.2. The van der Waals surface area contributed by atoms with Gasteiger partial charge in [-0.2, -0.15) is 0 Å². The number of hydrogen-bond acceptors (Lipinski definition) is 4. The molecular weight excluding hydrogens is 375 g/mol. The molecule has 0 unspecified atom stereocenters. The maximum Gasteiger partial charge on any atom is 0.220 e. The molecule has 0 saturated carbocycles. The van der Waals surface area contributed by atoms with Crippen LogP contribution in [0.1, 0.15) is 43.3 Å². The lowest BCUT2D eigenvalue weighted by Crippen LogP contribution is -2.27. The molecule has 0 bridgehead atoms. The van der Waals surface area contributed by atoms with E-state index in [0.717, 1.165) is 22.0 Å². The van der Waals surface area contributed by atoms with Gasteiger partial charge in [0.05, 0.1) is 6.04 Å². The minimum Gasteiger partial charge on any atom is -0.346 e. The number of nitrogens with one attached hydrogen (secondary N) is 1. The second-order valence-corrected chi connectivity index (χ2v) is 7.51. The molecule has 0 spiro atoms. The zero-order valence-electron chi connectivity index (χ0n) is 16.1. The highest BCUT2D eigenvalue weighted by Gasteiger charge is 2.20. The molecule has 1 amide bonds. The third kappa shape index (κ3) is 4.78. The smallest absolute Gasteiger partial charge is 0.220 e. The number of carbonyl (C=O) groups excluding carboxylic acids is 1. The summed E-state index contributed by atoms with van der Waals surface area (Å²) in [5.41, 5.74) is 3.09. The summed E-state index contributed by atoms with van der Waals surface area (Å²) in [5.74, 6) is 1.03. The Labute approximate surface area is 168 Å². The van der Waals surface area contributed by atoms with Crippen molar-refractivity contribution in [2.75, 3.05) is 0 Å². The molecule has 0 aliphatic heterocycles. The van der Waals surface area contributed by atoms with Crippen LogP contribution in [-0.2, 0) is 10.5 Å². The first-order chi connectivity index (χ1) is 13.5. The van der Waals surface area contributed by atoms with Crippen LogP contribution in [0.25, 0.3) is 5.69 Å². The molecule has 3 rings (SSSR count). The molecule has 3 aromatic rings. The molecule has 0 saturated heterocycles. The first kappa shape index (κ1) is 20.1. The summed E-state index contributed by atoms with van der Waals surface area (Å²) < 4.78 is 15.1. The molecule has 1 atom stereocenters. The lowest BCUT2D eigenvalue weighted by atomic mass is 10.2. The van der Waals surface area contributed by atoms with Crippen LogP contribution in [0.4, 0.5) is 4.39 Å². The predicted molar refractivity (Wildman–Crippen MR) is 109 cm³/mol. The van der Waals surface area contributed by atoms with Crippen molar-refractivity contribution in [1.82, 2.24) is 20.1 Å². The molecule has 0 aliphatic carbocycles. The van der Waals surface area contributed by atoms with Crippen LogP contribution >= 0.6 is 11.8 Å². The van der Waals surface area contributed by atoms with E-state index in [1.807, 2.05) is 49.6 Å². The normalized spacial score (nSPS) is 12.0. The van der Waals surface area contributed by atoms with E-state index in [1.165, 1.54) is 23.9 Å². The number of hydrogen-bond donors (Lipinski definition) is 1. The Morgan fingerprint density at radius 2 is 1.82 bits per heavy atom. The van der Waals surface area contributed by atoms with Crippen LogP contribution in [0.3, 0.4) is 0 Å². The van der Waals surface area contributed by atoms with Gasteiger partial charge in [-0.15, -0.1) is 10.2 Å². The van der Waals surface area contributed by atoms with Crippen LogP contribution < -0.4 is 5.32 Å². The van der Waals surface area contributed by atoms with Crippen LogP contribution in [0, 0.1) is 12.7 Å². The summed E-state index contributed by atoms with van der Waals surface area (Å²) in [6.45, 7) is 5.75. The number of halogens is 1. The maximum atomic E-state index is 13.1. The van der Waals surface area contributed by atoms with Gasteiger partial charge in [-0.25, -0.2) is 4.39 Å². The van der Waals surface area contributed by atoms with Crippen molar-refractivity contribution in [3.05, 3.63) is 71.3 Å². The van der Waals surface area contributed by atoms with Crippen molar-refractivity contribution >= 4 is 17.7 Å². The summed E-state index contributed by atoms with van der Waals surface area (Å²) in [4.78, 5) is 11.8. The Balaban J connectivity index is 1.91. The first-order valence-electron chi connectivity index (χ1n) is 9.17. The van der Waals surface area contributed by atoms with E-state index < -0.39 is 0 Å². The Morgan fingerprint density at radius 3 is 2.46 bits per heavy atom. The van der Waals surface area contributed by atoms with Crippen LogP contribution in [0.15, 0.2) is 53.7 Å². The van der Waals surface area contributed by atoms with Crippen LogP contribution in [-0.4, -0.2) is 20.7 Å². The van der Waals surface area contributed by atoms with Crippen molar-refractivity contribution in [2.45, 2.75) is 44.1 Å². The number of aryl methyl sites for hydroxylation is 1. The summed E-state index contributed by atoms with van der Waals surface area (Å²) in [6.07, 6.45) is 0.412. The number of nitrogens with zero attached hydrogens (tertiary/aromatic N) is 3. The second kappa shape index (κ2) is 9.01. The average molecular weight is 399 g/mol. The molecule has 28 heavy (non-hydrogen) atoms. The molecule has 146 valence electrons. The maximum absolute atomic E-state index is 13.1. The van der Waals surface area contributed by atoms with Crippen molar-refractivity contribution < 1.29 is 9.18 Å². The van der Waals surface area contributed by atoms with E-state index in [4.69, 9.17) is 0 Å². The van der Waals surface area contributed by atoms with Gasteiger partial charge in [0.2, 0.25) is 5.91 Å². The number of aromatic nitrogens is 3. The molecule has 1 N–H and O–H groups in total. The number of thioether (sulfide) groups is 1. The van der Waals surface area contributed by atoms with Gasteiger partial charge in [-0.1, -0.05) is 48.5 Å². The zero-order chi connectivity index (χ0) is 20.1. The van der Waals surface area contributed by atoms with Crippen LogP contribution in [0.2, 0.25) is 0 Å².